The van der Waals surface area contributed by atoms with Crippen LogP contribution in [0, 0.1) is 32.1 Å². The van der Waals surface area contributed by atoms with Gasteiger partial charge in [0.05, 0.1) is 16.3 Å². The first-order valence-electron chi connectivity index (χ1n) is 7.84. The van der Waals surface area contributed by atoms with Crippen molar-refractivity contribution in [1.82, 2.24) is 4.98 Å². The standard InChI is InChI=1S/C19H18N2O4S/c1-11-4-5-12(2)14(6-11)16(22)9-25-18(24)10-26-19-15(8-20)13(3)7-17(23)21-19/h4-7H,9-10H2,1-3H3,(H,21,23). The molecule has 0 saturated heterocycles. The molecule has 1 heterocycles. The maximum Gasteiger partial charge on any atom is 0.316 e. The van der Waals surface area contributed by atoms with Gasteiger partial charge in [-0.3, -0.25) is 14.4 Å². The number of pyridine rings is 1. The molecule has 7 heteroatoms. The van der Waals surface area contributed by atoms with E-state index in [1.165, 1.54) is 6.07 Å². The van der Waals surface area contributed by atoms with Gasteiger partial charge in [0, 0.05) is 11.6 Å². The number of nitrogens with one attached hydrogen (secondary N) is 1. The molecule has 134 valence electrons. The average molecular weight is 370 g/mol. The van der Waals surface area contributed by atoms with Crippen molar-refractivity contribution in [2.24, 2.45) is 0 Å². The van der Waals surface area contributed by atoms with E-state index in [-0.39, 0.29) is 23.7 Å². The van der Waals surface area contributed by atoms with Gasteiger partial charge in [-0.1, -0.05) is 29.5 Å². The number of carbonyl (C=O) groups excluding carboxylic acids is 2. The number of thioether (sulfide) groups is 1. The maximum atomic E-state index is 12.2. The molecule has 1 aromatic heterocycles. The highest BCUT2D eigenvalue weighted by atomic mass is 32.2. The lowest BCUT2D eigenvalue weighted by molar-refractivity contribution is -0.139. The van der Waals surface area contributed by atoms with E-state index in [0.717, 1.165) is 22.9 Å². The SMILES string of the molecule is Cc1ccc(C)c(C(=O)COC(=O)CSc2[nH]c(=O)cc(C)c2C#N)c1. The Morgan fingerprint density at radius 3 is 2.62 bits per heavy atom. The number of nitrogens with zero attached hydrogens (tertiary/aromatic N) is 1. The molecule has 2 rings (SSSR count). The fourth-order valence-corrected chi connectivity index (χ4v) is 3.21. The van der Waals surface area contributed by atoms with E-state index in [0.29, 0.717) is 21.7 Å². The van der Waals surface area contributed by atoms with Crippen molar-refractivity contribution in [2.75, 3.05) is 12.4 Å². The summed E-state index contributed by atoms with van der Waals surface area (Å²) in [5.41, 5.74) is 2.81. The van der Waals surface area contributed by atoms with Gasteiger partial charge < -0.3 is 9.72 Å². The third kappa shape index (κ3) is 4.83. The molecule has 0 spiro atoms. The van der Waals surface area contributed by atoms with Crippen molar-refractivity contribution in [3.8, 4) is 6.07 Å². The second kappa shape index (κ2) is 8.50. The van der Waals surface area contributed by atoms with E-state index in [9.17, 15) is 14.4 Å². The van der Waals surface area contributed by atoms with Gasteiger partial charge in [0.1, 0.15) is 6.07 Å². The Balaban J connectivity index is 1.96. The number of aromatic amines is 1. The van der Waals surface area contributed by atoms with Crippen LogP contribution in [0.5, 0.6) is 0 Å². The molecule has 0 aliphatic rings. The molecule has 0 saturated carbocycles. The van der Waals surface area contributed by atoms with Crippen LogP contribution in [0.15, 0.2) is 34.1 Å². The lowest BCUT2D eigenvalue weighted by atomic mass is 10.0. The van der Waals surface area contributed by atoms with Crippen LogP contribution in [-0.4, -0.2) is 29.1 Å². The zero-order chi connectivity index (χ0) is 19.3. The second-order valence-corrected chi connectivity index (χ2v) is 6.81. The largest absolute Gasteiger partial charge is 0.457 e. The van der Waals surface area contributed by atoms with E-state index >= 15 is 0 Å². The zero-order valence-corrected chi connectivity index (χ0v) is 15.5. The molecule has 0 amide bonds. The van der Waals surface area contributed by atoms with E-state index < -0.39 is 5.97 Å². The maximum absolute atomic E-state index is 12.2. The number of ketones is 1. The number of ether oxygens (including phenoxy) is 1. The molecule has 0 radical (unpaired) electrons. The van der Waals surface area contributed by atoms with Crippen molar-refractivity contribution < 1.29 is 14.3 Å². The molecule has 26 heavy (non-hydrogen) atoms. The van der Waals surface area contributed by atoms with Crippen LogP contribution in [0.4, 0.5) is 0 Å². The number of benzene rings is 1. The van der Waals surface area contributed by atoms with Crippen molar-refractivity contribution >= 4 is 23.5 Å². The highest BCUT2D eigenvalue weighted by Gasteiger charge is 2.14. The molecule has 0 bridgehead atoms. The van der Waals surface area contributed by atoms with Crippen molar-refractivity contribution in [2.45, 2.75) is 25.8 Å². The summed E-state index contributed by atoms with van der Waals surface area (Å²) in [5, 5.41) is 9.47. The Morgan fingerprint density at radius 1 is 1.19 bits per heavy atom. The van der Waals surface area contributed by atoms with E-state index in [2.05, 4.69) is 4.98 Å². The Bertz CT molecular complexity index is 957. The topological polar surface area (TPSA) is 100 Å². The molecular weight excluding hydrogens is 352 g/mol. The van der Waals surface area contributed by atoms with Crippen LogP contribution in [0.3, 0.4) is 0 Å². The Morgan fingerprint density at radius 2 is 1.92 bits per heavy atom. The van der Waals surface area contributed by atoms with E-state index in [1.807, 2.05) is 32.0 Å². The zero-order valence-electron chi connectivity index (χ0n) is 14.7. The molecule has 1 N–H and O–H groups in total. The van der Waals surface area contributed by atoms with Gasteiger partial charge >= 0.3 is 5.97 Å². The van der Waals surface area contributed by atoms with Gasteiger partial charge in [-0.2, -0.15) is 5.26 Å². The number of aryl methyl sites for hydroxylation is 3. The average Bonchev–Trinajstić information content (AvgIpc) is 2.59. The number of aromatic nitrogens is 1. The van der Waals surface area contributed by atoms with Crippen LogP contribution in [-0.2, 0) is 9.53 Å². The summed E-state index contributed by atoms with van der Waals surface area (Å²) in [4.78, 5) is 38.2. The summed E-state index contributed by atoms with van der Waals surface area (Å²) >= 11 is 0.997. The Kier molecular flexibility index (Phi) is 6.36. The molecule has 6 nitrogen and oxygen atoms in total. The number of Topliss-reactive ketones (excluding diaryl/α,β-unsaturated/α-hetero) is 1. The Hall–Kier alpha value is -2.85. The predicted molar refractivity (Wildman–Crippen MR) is 98.4 cm³/mol. The summed E-state index contributed by atoms with van der Waals surface area (Å²) in [6.45, 7) is 5.01. The van der Waals surface area contributed by atoms with E-state index in [1.54, 1.807) is 13.0 Å². The van der Waals surface area contributed by atoms with Crippen molar-refractivity contribution in [3.63, 3.8) is 0 Å². The summed E-state index contributed by atoms with van der Waals surface area (Å²) < 4.78 is 5.02. The first-order valence-corrected chi connectivity index (χ1v) is 8.83. The quantitative estimate of drug-likeness (QED) is 0.477. The summed E-state index contributed by atoms with van der Waals surface area (Å²) in [6, 6.07) is 8.84. The van der Waals surface area contributed by atoms with Gasteiger partial charge in [0.2, 0.25) is 11.3 Å². The fourth-order valence-electron chi connectivity index (χ4n) is 2.34. The van der Waals surface area contributed by atoms with E-state index in [4.69, 9.17) is 10.00 Å². The first kappa shape index (κ1) is 19.5. The number of hydrogen-bond acceptors (Lipinski definition) is 6. The normalized spacial score (nSPS) is 10.2. The smallest absolute Gasteiger partial charge is 0.316 e. The Labute approximate surface area is 155 Å². The van der Waals surface area contributed by atoms with Gasteiger partial charge in [-0.05, 0) is 38.0 Å². The van der Waals surface area contributed by atoms with Gasteiger partial charge in [0.15, 0.2) is 6.61 Å². The monoisotopic (exact) mass is 370 g/mol. The first-order chi connectivity index (χ1) is 12.3. The molecule has 2 aromatic rings. The third-order valence-electron chi connectivity index (χ3n) is 3.71. The number of H-pyrrole nitrogens is 1. The van der Waals surface area contributed by atoms with Crippen LogP contribution >= 0.6 is 11.8 Å². The van der Waals surface area contributed by atoms with Crippen LogP contribution in [0.2, 0.25) is 0 Å². The molecule has 1 aromatic carbocycles. The number of carbonyl (C=O) groups is 2. The number of hydrogen-bond donors (Lipinski definition) is 1. The minimum absolute atomic E-state index is 0.117. The predicted octanol–water partition coefficient (Wildman–Crippen LogP) is 2.69. The van der Waals surface area contributed by atoms with Gasteiger partial charge in [-0.15, -0.1) is 0 Å². The van der Waals surface area contributed by atoms with Crippen LogP contribution < -0.4 is 5.56 Å². The summed E-state index contributed by atoms with van der Waals surface area (Å²) in [5.74, 6) is -0.986. The highest BCUT2D eigenvalue weighted by molar-refractivity contribution is 7.99. The number of rotatable bonds is 6. The van der Waals surface area contributed by atoms with Gasteiger partial charge in [0.25, 0.3) is 0 Å². The van der Waals surface area contributed by atoms with Crippen LogP contribution in [0.25, 0.3) is 0 Å². The molecular formula is C19H18N2O4S. The number of esters is 1. The molecule has 0 aliphatic heterocycles. The fraction of sp³-hybridized carbons (Fsp3) is 0.263. The molecule has 0 atom stereocenters. The number of nitriles is 1. The third-order valence-corrected chi connectivity index (χ3v) is 4.68. The minimum atomic E-state index is -0.597. The molecule has 0 aliphatic carbocycles. The summed E-state index contributed by atoms with van der Waals surface area (Å²) in [7, 11) is 0. The summed E-state index contributed by atoms with van der Waals surface area (Å²) in [6.07, 6.45) is 0. The molecule has 0 fully saturated rings. The lowest BCUT2D eigenvalue weighted by Crippen LogP contribution is -2.17. The van der Waals surface area contributed by atoms with Gasteiger partial charge in [-0.25, -0.2) is 0 Å². The molecule has 0 unspecified atom stereocenters. The van der Waals surface area contributed by atoms with Crippen molar-refractivity contribution in [3.05, 3.63) is 62.4 Å². The lowest BCUT2D eigenvalue weighted by Gasteiger charge is -2.08. The van der Waals surface area contributed by atoms with Crippen LogP contribution in [0.1, 0.15) is 32.6 Å². The van der Waals surface area contributed by atoms with Crippen molar-refractivity contribution in [1.29, 1.82) is 5.26 Å². The second-order valence-electron chi connectivity index (χ2n) is 5.82. The highest BCUT2D eigenvalue weighted by Crippen LogP contribution is 2.21. The minimum Gasteiger partial charge on any atom is -0.457 e.